The Morgan fingerprint density at radius 2 is 1.57 bits per heavy atom. The highest BCUT2D eigenvalue weighted by molar-refractivity contribution is 6.73. The molecule has 0 radical (unpaired) electrons. The molecular formula is C22H26ClNO3Si. The molecule has 2 atom stereocenters. The maximum absolute atomic E-state index is 13.0. The Bertz CT molecular complexity index is 828. The van der Waals surface area contributed by atoms with Crippen molar-refractivity contribution < 1.29 is 14.0 Å². The quantitative estimate of drug-likeness (QED) is 0.343. The van der Waals surface area contributed by atoms with Gasteiger partial charge in [0.1, 0.15) is 0 Å². The van der Waals surface area contributed by atoms with Gasteiger partial charge in [0.15, 0.2) is 14.4 Å². The number of hydrogen-bond donors (Lipinski definition) is 0. The van der Waals surface area contributed by atoms with Crippen LogP contribution in [0.15, 0.2) is 54.6 Å². The summed E-state index contributed by atoms with van der Waals surface area (Å²) in [7, 11) is -2.01. The molecule has 0 saturated carbocycles. The van der Waals surface area contributed by atoms with Crippen molar-refractivity contribution in [3.63, 3.8) is 0 Å². The number of rotatable bonds is 7. The van der Waals surface area contributed by atoms with Crippen molar-refractivity contribution in [2.24, 2.45) is 0 Å². The van der Waals surface area contributed by atoms with E-state index in [0.29, 0.717) is 10.6 Å². The second kappa shape index (κ2) is 8.60. The van der Waals surface area contributed by atoms with Crippen LogP contribution in [0.25, 0.3) is 0 Å². The third kappa shape index (κ3) is 3.79. The summed E-state index contributed by atoms with van der Waals surface area (Å²) in [5.74, 6) is -0.539. The summed E-state index contributed by atoms with van der Waals surface area (Å²) in [6.45, 7) is 6.39. The van der Waals surface area contributed by atoms with Crippen molar-refractivity contribution in [2.75, 3.05) is 0 Å². The molecule has 1 heterocycles. The number of likely N-dealkylation sites (tertiary alicyclic amines) is 1. The average Bonchev–Trinajstić information content (AvgIpc) is 2.74. The highest BCUT2D eigenvalue weighted by Gasteiger charge is 2.54. The third-order valence-corrected chi connectivity index (χ3v) is 10.7. The Labute approximate surface area is 172 Å². The van der Waals surface area contributed by atoms with Crippen LogP contribution in [-0.4, -0.2) is 31.1 Å². The molecule has 6 heteroatoms. The molecule has 0 aromatic heterocycles. The Morgan fingerprint density at radius 1 is 1.00 bits per heavy atom. The van der Waals surface area contributed by atoms with Crippen LogP contribution < -0.4 is 0 Å². The standard InChI is InChI=1S/C22H26ClNO3Si/c1-4-28(5-2,6-3)27-20-19(16-12-14-18(23)15-13-16)24(22(20)26)21(25)17-10-8-7-9-11-17/h7-15,19-20H,4-6H2,1-3H3/t19-,20+/m1/s1. The smallest absolute Gasteiger partial charge is 0.261 e. The largest absolute Gasteiger partial charge is 0.403 e. The average molecular weight is 416 g/mol. The van der Waals surface area contributed by atoms with Gasteiger partial charge in [-0.25, -0.2) is 0 Å². The van der Waals surface area contributed by atoms with Gasteiger partial charge in [0.25, 0.3) is 11.8 Å². The minimum absolute atomic E-state index is 0.249. The van der Waals surface area contributed by atoms with Crippen LogP contribution in [0.5, 0.6) is 0 Å². The minimum Gasteiger partial charge on any atom is -0.403 e. The second-order valence-electron chi connectivity index (χ2n) is 7.16. The number of carbonyl (C=O) groups is 2. The van der Waals surface area contributed by atoms with E-state index in [4.69, 9.17) is 16.0 Å². The van der Waals surface area contributed by atoms with Crippen LogP contribution >= 0.6 is 11.6 Å². The molecule has 28 heavy (non-hydrogen) atoms. The summed E-state index contributed by atoms with van der Waals surface area (Å²) in [5.41, 5.74) is 1.36. The first kappa shape index (κ1) is 20.8. The monoisotopic (exact) mass is 415 g/mol. The number of hydrogen-bond acceptors (Lipinski definition) is 3. The molecule has 1 saturated heterocycles. The summed E-state index contributed by atoms with van der Waals surface area (Å²) in [4.78, 5) is 27.4. The first-order chi connectivity index (χ1) is 13.5. The number of benzene rings is 2. The molecule has 148 valence electrons. The molecule has 2 aromatic carbocycles. The molecule has 0 bridgehead atoms. The lowest BCUT2D eigenvalue weighted by atomic mass is 9.90. The van der Waals surface area contributed by atoms with Gasteiger partial charge in [-0.2, -0.15) is 0 Å². The van der Waals surface area contributed by atoms with Gasteiger partial charge >= 0.3 is 0 Å². The van der Waals surface area contributed by atoms with Crippen molar-refractivity contribution in [1.29, 1.82) is 0 Å². The lowest BCUT2D eigenvalue weighted by Crippen LogP contribution is -2.64. The molecule has 2 amide bonds. The third-order valence-electron chi connectivity index (χ3n) is 5.81. The normalized spacial score (nSPS) is 19.4. The Morgan fingerprint density at radius 3 is 2.11 bits per heavy atom. The first-order valence-electron chi connectivity index (χ1n) is 9.82. The summed E-state index contributed by atoms with van der Waals surface area (Å²) >= 11 is 6.04. The van der Waals surface area contributed by atoms with Gasteiger partial charge in [-0.05, 0) is 48.0 Å². The van der Waals surface area contributed by atoms with Gasteiger partial charge in [0.05, 0.1) is 6.04 Å². The lowest BCUT2D eigenvalue weighted by molar-refractivity contribution is -0.158. The molecule has 2 aromatic rings. The van der Waals surface area contributed by atoms with E-state index in [0.717, 1.165) is 23.7 Å². The van der Waals surface area contributed by atoms with Crippen LogP contribution in [0, 0.1) is 0 Å². The van der Waals surface area contributed by atoms with Crippen LogP contribution in [0.2, 0.25) is 23.2 Å². The number of β-lactam (4-membered cyclic amide) rings is 1. The van der Waals surface area contributed by atoms with Crippen molar-refractivity contribution in [3.05, 3.63) is 70.7 Å². The fraction of sp³-hybridized carbons (Fsp3) is 0.364. The highest BCUT2D eigenvalue weighted by Crippen LogP contribution is 2.41. The zero-order chi connectivity index (χ0) is 20.3. The first-order valence-corrected chi connectivity index (χ1v) is 12.7. The topological polar surface area (TPSA) is 46.6 Å². The van der Waals surface area contributed by atoms with Crippen molar-refractivity contribution in [2.45, 2.75) is 51.0 Å². The van der Waals surface area contributed by atoms with Gasteiger partial charge < -0.3 is 4.43 Å². The molecule has 0 spiro atoms. The van der Waals surface area contributed by atoms with Gasteiger partial charge in [-0.3, -0.25) is 14.5 Å². The zero-order valence-corrected chi connectivity index (χ0v) is 18.3. The number of amides is 2. The summed E-state index contributed by atoms with van der Waals surface area (Å²) in [5, 5.41) is 0.618. The summed E-state index contributed by atoms with van der Waals surface area (Å²) < 4.78 is 6.51. The molecule has 0 N–H and O–H groups in total. The molecule has 1 aliphatic heterocycles. The number of imide groups is 1. The van der Waals surface area contributed by atoms with E-state index in [1.165, 1.54) is 4.90 Å². The molecule has 0 unspecified atom stereocenters. The number of carbonyl (C=O) groups excluding carboxylic acids is 2. The fourth-order valence-corrected chi connectivity index (χ4v) is 6.67. The maximum atomic E-state index is 13.0. The predicted octanol–water partition coefficient (Wildman–Crippen LogP) is 5.45. The van der Waals surface area contributed by atoms with E-state index in [1.807, 2.05) is 18.2 Å². The van der Waals surface area contributed by atoms with Crippen LogP contribution in [0.4, 0.5) is 0 Å². The van der Waals surface area contributed by atoms with E-state index < -0.39 is 20.5 Å². The van der Waals surface area contributed by atoms with Crippen LogP contribution in [0.3, 0.4) is 0 Å². The van der Waals surface area contributed by atoms with Gasteiger partial charge in [0.2, 0.25) is 0 Å². The van der Waals surface area contributed by atoms with Crippen molar-refractivity contribution in [3.8, 4) is 0 Å². The summed E-state index contributed by atoms with van der Waals surface area (Å²) in [6.07, 6.45) is -0.611. The van der Waals surface area contributed by atoms with E-state index in [-0.39, 0.29) is 11.8 Å². The molecule has 1 aliphatic rings. The van der Waals surface area contributed by atoms with E-state index in [1.54, 1.807) is 36.4 Å². The highest BCUT2D eigenvalue weighted by atomic mass is 35.5. The Hall–Kier alpha value is -1.95. The lowest BCUT2D eigenvalue weighted by Gasteiger charge is -2.48. The van der Waals surface area contributed by atoms with Crippen LogP contribution in [0.1, 0.15) is 42.7 Å². The molecule has 0 aliphatic carbocycles. The maximum Gasteiger partial charge on any atom is 0.261 e. The summed E-state index contributed by atoms with van der Waals surface area (Å²) in [6, 6.07) is 18.6. The SMILES string of the molecule is CC[Si](CC)(CC)O[C@@H]1C(=O)N(C(=O)c2ccccc2)[C@@H]1c1ccc(Cl)cc1. The Balaban J connectivity index is 1.95. The minimum atomic E-state index is -2.01. The van der Waals surface area contributed by atoms with E-state index in [9.17, 15) is 9.59 Å². The van der Waals surface area contributed by atoms with Crippen molar-refractivity contribution in [1.82, 2.24) is 4.90 Å². The molecule has 3 rings (SSSR count). The van der Waals surface area contributed by atoms with Crippen LogP contribution in [-0.2, 0) is 9.22 Å². The Kier molecular flexibility index (Phi) is 6.38. The molecule has 1 fully saturated rings. The van der Waals surface area contributed by atoms with Gasteiger partial charge in [0, 0.05) is 10.6 Å². The second-order valence-corrected chi connectivity index (χ2v) is 12.3. The fourth-order valence-electron chi connectivity index (χ4n) is 3.78. The van der Waals surface area contributed by atoms with Gasteiger partial charge in [-0.1, -0.05) is 62.7 Å². The number of nitrogens with zero attached hydrogens (tertiary/aromatic N) is 1. The van der Waals surface area contributed by atoms with E-state index in [2.05, 4.69) is 20.8 Å². The molecular weight excluding hydrogens is 390 g/mol. The zero-order valence-electron chi connectivity index (χ0n) is 16.5. The predicted molar refractivity (Wildman–Crippen MR) is 114 cm³/mol. The van der Waals surface area contributed by atoms with Crippen molar-refractivity contribution >= 4 is 31.7 Å². The van der Waals surface area contributed by atoms with E-state index >= 15 is 0 Å². The number of halogens is 1. The van der Waals surface area contributed by atoms with Gasteiger partial charge in [-0.15, -0.1) is 0 Å². The molecule has 4 nitrogen and oxygen atoms in total.